The van der Waals surface area contributed by atoms with Gasteiger partial charge in [-0.05, 0) is 25.1 Å². The number of carbonyl (C=O) groups is 4. The lowest BCUT2D eigenvalue weighted by Gasteiger charge is -2.55. The minimum absolute atomic E-state index is 0.0325. The van der Waals surface area contributed by atoms with Crippen molar-refractivity contribution in [2.75, 3.05) is 40.3 Å². The average molecular weight is 603 g/mol. The van der Waals surface area contributed by atoms with Gasteiger partial charge in [-0.2, -0.15) is 26.3 Å². The lowest BCUT2D eigenvalue weighted by molar-refractivity contribution is -0.203. The Morgan fingerprint density at radius 3 is 1.95 bits per heavy atom. The number of nitrogens with zero attached hydrogens (tertiary/aromatic N) is 4. The van der Waals surface area contributed by atoms with Crippen molar-refractivity contribution in [3.8, 4) is 0 Å². The smallest absolute Gasteiger partial charge is 0.475 e. The van der Waals surface area contributed by atoms with Crippen LogP contribution >= 0.6 is 0 Å². The van der Waals surface area contributed by atoms with Gasteiger partial charge < -0.3 is 24.7 Å². The molecule has 0 aromatic carbocycles. The number of likely N-dealkylation sites (N-methyl/N-ethyl adjacent to an activating group) is 2. The van der Waals surface area contributed by atoms with Gasteiger partial charge in [0, 0.05) is 26.2 Å². The second kappa shape index (κ2) is 14.4. The maximum Gasteiger partial charge on any atom is 0.490 e. The van der Waals surface area contributed by atoms with Crippen molar-refractivity contribution in [1.29, 1.82) is 0 Å². The number of hydrogen-bond donors (Lipinski definition) is 2. The number of carbonyl (C=O) groups excluding carboxylic acids is 2. The van der Waals surface area contributed by atoms with Gasteiger partial charge in [0.25, 0.3) is 0 Å². The van der Waals surface area contributed by atoms with E-state index in [1.165, 1.54) is 0 Å². The van der Waals surface area contributed by atoms with Crippen LogP contribution in [0.3, 0.4) is 0 Å². The summed E-state index contributed by atoms with van der Waals surface area (Å²) in [6.45, 7) is 6.83. The Morgan fingerprint density at radius 2 is 1.56 bits per heavy atom. The van der Waals surface area contributed by atoms with Crippen molar-refractivity contribution in [2.24, 2.45) is 5.92 Å². The van der Waals surface area contributed by atoms with Gasteiger partial charge in [0.2, 0.25) is 11.8 Å². The van der Waals surface area contributed by atoms with Gasteiger partial charge in [-0.25, -0.2) is 9.59 Å². The van der Waals surface area contributed by atoms with E-state index in [-0.39, 0.29) is 23.5 Å². The number of morpholine rings is 1. The van der Waals surface area contributed by atoms with E-state index < -0.39 is 24.3 Å². The number of alkyl halides is 6. The Hall–Kier alpha value is -3.47. The van der Waals surface area contributed by atoms with Crippen molar-refractivity contribution >= 4 is 23.8 Å². The number of amides is 2. The first-order chi connectivity index (χ1) is 18.7. The Morgan fingerprint density at radius 1 is 1.05 bits per heavy atom. The minimum atomic E-state index is -5.08. The van der Waals surface area contributed by atoms with Gasteiger partial charge in [-0.3, -0.25) is 19.5 Å². The van der Waals surface area contributed by atoms with Crippen molar-refractivity contribution in [2.45, 2.75) is 50.8 Å². The van der Waals surface area contributed by atoms with Crippen molar-refractivity contribution in [3.63, 3.8) is 0 Å². The molecule has 1 aromatic heterocycles. The van der Waals surface area contributed by atoms with Crippen molar-refractivity contribution < 1.29 is 60.5 Å². The second-order valence-corrected chi connectivity index (χ2v) is 9.89. The topological polar surface area (TPSA) is 141 Å². The third-order valence-electron chi connectivity index (χ3n) is 5.78. The van der Waals surface area contributed by atoms with E-state index >= 15 is 0 Å². The molecule has 2 saturated heterocycles. The zero-order chi connectivity index (χ0) is 31.8. The van der Waals surface area contributed by atoms with E-state index in [4.69, 9.17) is 24.5 Å². The first-order valence-electron chi connectivity index (χ1n) is 12.1. The number of hydrogen-bond acceptors (Lipinski definition) is 7. The van der Waals surface area contributed by atoms with Crippen LogP contribution in [0.4, 0.5) is 26.3 Å². The summed E-state index contributed by atoms with van der Waals surface area (Å²) in [6, 6.07) is 5.39. The number of aromatic nitrogens is 1. The molecule has 232 valence electrons. The number of pyridine rings is 1. The molecule has 2 fully saturated rings. The van der Waals surface area contributed by atoms with Gasteiger partial charge in [0.05, 0.1) is 31.9 Å². The van der Waals surface area contributed by atoms with Gasteiger partial charge in [-0.1, -0.05) is 19.9 Å². The Kier molecular flexibility index (Phi) is 12.5. The maximum atomic E-state index is 12.8. The van der Waals surface area contributed by atoms with Gasteiger partial charge >= 0.3 is 24.3 Å². The third kappa shape index (κ3) is 11.5. The predicted octanol–water partition coefficient (Wildman–Crippen LogP) is 2.26. The lowest BCUT2D eigenvalue weighted by Crippen LogP contribution is -2.73. The fraction of sp³-hybridized carbons (Fsp3) is 0.625. The van der Waals surface area contributed by atoms with Gasteiger partial charge in [0.15, 0.2) is 0 Å². The van der Waals surface area contributed by atoms with Crippen molar-refractivity contribution in [1.82, 2.24) is 19.7 Å². The summed E-state index contributed by atoms with van der Waals surface area (Å²) in [5.41, 5.74) is 0.542. The predicted molar refractivity (Wildman–Crippen MR) is 129 cm³/mol. The number of halogens is 6. The maximum absolute atomic E-state index is 12.8. The normalized spacial score (nSPS) is 18.3. The number of likely N-dealkylation sites (tertiary alicyclic amines) is 1. The molecule has 0 aliphatic carbocycles. The van der Waals surface area contributed by atoms with E-state index in [9.17, 15) is 35.9 Å². The fourth-order valence-electron chi connectivity index (χ4n) is 3.82. The van der Waals surface area contributed by atoms with E-state index in [1.807, 2.05) is 30.1 Å². The molecule has 3 rings (SSSR count). The number of carboxylic acid groups (broad SMARTS) is 2. The highest BCUT2D eigenvalue weighted by molar-refractivity contribution is 5.82. The molecule has 1 unspecified atom stereocenters. The molecular weight excluding hydrogens is 570 g/mol. The summed E-state index contributed by atoms with van der Waals surface area (Å²) >= 11 is 0. The largest absolute Gasteiger partial charge is 0.490 e. The van der Waals surface area contributed by atoms with E-state index in [0.717, 1.165) is 5.69 Å². The molecule has 0 radical (unpaired) electrons. The highest BCUT2D eigenvalue weighted by Crippen LogP contribution is 2.31. The molecule has 17 heteroatoms. The molecular formula is C24H32F6N4O7. The van der Waals surface area contributed by atoms with Crippen LogP contribution in [0.15, 0.2) is 24.4 Å². The summed E-state index contributed by atoms with van der Waals surface area (Å²) in [5, 5.41) is 14.2. The molecule has 1 aromatic rings. The Balaban J connectivity index is 0.000000497. The van der Waals surface area contributed by atoms with Crippen LogP contribution in [0.1, 0.15) is 26.0 Å². The summed E-state index contributed by atoms with van der Waals surface area (Å²) in [6.07, 6.45) is -7.86. The molecule has 11 nitrogen and oxygen atoms in total. The summed E-state index contributed by atoms with van der Waals surface area (Å²) < 4.78 is 69.6. The van der Waals surface area contributed by atoms with Crippen LogP contribution in [0.25, 0.3) is 0 Å². The molecule has 0 bridgehead atoms. The zero-order valence-electron chi connectivity index (χ0n) is 22.7. The van der Waals surface area contributed by atoms with Crippen LogP contribution in [0.2, 0.25) is 0 Å². The highest BCUT2D eigenvalue weighted by atomic mass is 19.4. The van der Waals surface area contributed by atoms with Crippen molar-refractivity contribution in [3.05, 3.63) is 30.1 Å². The molecule has 0 saturated carbocycles. The number of rotatable bonds is 5. The number of carboxylic acids is 2. The third-order valence-corrected chi connectivity index (χ3v) is 5.78. The Bertz CT molecular complexity index is 1020. The lowest BCUT2D eigenvalue weighted by atomic mass is 9.89. The second-order valence-electron chi connectivity index (χ2n) is 9.89. The summed E-state index contributed by atoms with van der Waals surface area (Å²) in [5.74, 6) is -4.93. The van der Waals surface area contributed by atoms with E-state index in [0.29, 0.717) is 45.1 Å². The molecule has 1 spiro atoms. The number of ether oxygens (including phenoxy) is 1. The molecule has 2 N–H and O–H groups in total. The van der Waals surface area contributed by atoms with E-state index in [2.05, 4.69) is 23.7 Å². The first-order valence-corrected chi connectivity index (χ1v) is 12.1. The van der Waals surface area contributed by atoms with Crippen LogP contribution in [0, 0.1) is 5.92 Å². The van der Waals surface area contributed by atoms with Crippen LogP contribution < -0.4 is 0 Å². The van der Waals surface area contributed by atoms with Crippen LogP contribution in [-0.4, -0.2) is 118 Å². The number of aliphatic carboxylic acids is 2. The molecule has 2 amide bonds. The molecule has 2 aliphatic rings. The molecule has 41 heavy (non-hydrogen) atoms. The fourth-order valence-corrected chi connectivity index (χ4v) is 3.82. The molecule has 3 heterocycles. The van der Waals surface area contributed by atoms with Crippen LogP contribution in [0.5, 0.6) is 0 Å². The quantitative estimate of drug-likeness (QED) is 0.486. The molecule has 2 aliphatic heterocycles. The molecule has 1 atom stereocenters. The van der Waals surface area contributed by atoms with Gasteiger partial charge in [0.1, 0.15) is 11.6 Å². The SMILES string of the molecule is CC(C)CC(=O)N1CC2(C1)CN(C)C(C(=O)N(C)Cc1ccccn1)CO2.O=C(O)C(F)(F)F.O=C(O)C(F)(F)F. The highest BCUT2D eigenvalue weighted by Gasteiger charge is 2.51. The van der Waals surface area contributed by atoms with Gasteiger partial charge in [-0.15, -0.1) is 0 Å². The minimum Gasteiger partial charge on any atom is -0.475 e. The summed E-state index contributed by atoms with van der Waals surface area (Å²) in [4.78, 5) is 52.7. The first kappa shape index (κ1) is 35.6. The summed E-state index contributed by atoms with van der Waals surface area (Å²) in [7, 11) is 3.75. The monoisotopic (exact) mass is 602 g/mol. The standard InChI is InChI=1S/C20H30N4O3.2C2HF3O2/c1-15(2)9-18(25)24-13-20(14-24)12-23(4)17(11-27-20)19(26)22(3)10-16-7-5-6-8-21-16;2*3-2(4,5)1(6)7/h5-8,15,17H,9-14H2,1-4H3;2*(H,6,7). The average Bonchev–Trinajstić information content (AvgIpc) is 2.81. The Labute approximate surface area is 231 Å². The zero-order valence-corrected chi connectivity index (χ0v) is 22.7. The van der Waals surface area contributed by atoms with Crippen LogP contribution in [-0.2, 0) is 30.5 Å². The van der Waals surface area contributed by atoms with E-state index in [1.54, 1.807) is 18.1 Å².